The van der Waals surface area contributed by atoms with Crippen LogP contribution in [0.4, 0.5) is 0 Å². The summed E-state index contributed by atoms with van der Waals surface area (Å²) >= 11 is 0. The first-order valence-electron chi connectivity index (χ1n) is 3.71. The van der Waals surface area contributed by atoms with Gasteiger partial charge in [0.1, 0.15) is 6.61 Å². The number of carbonyl (C=O) groups is 2. The number of hydrogen-bond acceptors (Lipinski definition) is 5. The van der Waals surface area contributed by atoms with Crippen LogP contribution in [-0.2, 0) is 23.7 Å². The number of ether oxygens (including phenoxy) is 2. The first kappa shape index (κ1) is 12.4. The Morgan fingerprint density at radius 3 is 2.69 bits per heavy atom. The van der Waals surface area contributed by atoms with Crippen LogP contribution in [0.5, 0.6) is 0 Å². The molecule has 2 unspecified atom stereocenters. The molecule has 0 bridgehead atoms. The van der Waals surface area contributed by atoms with Crippen LogP contribution in [0, 0.1) is 0 Å². The molecule has 0 saturated heterocycles. The van der Waals surface area contributed by atoms with Crippen molar-refractivity contribution in [1.29, 1.82) is 0 Å². The molecule has 13 heavy (non-hydrogen) atoms. The first-order chi connectivity index (χ1) is 6.35. The molecule has 0 amide bonds. The number of rotatable bonds is 9. The van der Waals surface area contributed by atoms with Gasteiger partial charge in [-0.05, 0) is 0 Å². The predicted molar refractivity (Wildman–Crippen MR) is 50.3 cm³/mol. The van der Waals surface area contributed by atoms with Crippen molar-refractivity contribution in [1.82, 2.24) is 0 Å². The van der Waals surface area contributed by atoms with Crippen LogP contribution in [0.3, 0.4) is 0 Å². The number of carbonyl (C=O) groups excluding carboxylic acids is 2. The molecule has 5 nitrogen and oxygen atoms in total. The Labute approximate surface area is 79.1 Å². The topological polar surface area (TPSA) is 61.8 Å². The Balaban J connectivity index is 3.52. The molecule has 0 aliphatic rings. The molecule has 0 saturated carbocycles. The van der Waals surface area contributed by atoms with Gasteiger partial charge >= 0.3 is 0 Å². The molecule has 0 aromatic rings. The normalized spacial score (nSPS) is 12.4. The minimum atomic E-state index is -0.501. The van der Waals surface area contributed by atoms with Gasteiger partial charge in [0.2, 0.25) is 0 Å². The summed E-state index contributed by atoms with van der Waals surface area (Å²) < 4.78 is 14.2. The van der Waals surface area contributed by atoms with E-state index in [9.17, 15) is 9.59 Å². The van der Waals surface area contributed by atoms with Crippen LogP contribution in [-0.4, -0.2) is 46.1 Å². The molecule has 0 fully saturated rings. The SMILES string of the molecule is CPBOCC(COC=O)OC=O. The van der Waals surface area contributed by atoms with Crippen molar-refractivity contribution in [2.75, 3.05) is 19.9 Å². The maximum absolute atomic E-state index is 9.99. The molecule has 7 heteroatoms. The average Bonchev–Trinajstić information content (AvgIpc) is 2.14. The third-order valence-electron chi connectivity index (χ3n) is 1.15. The third-order valence-corrected chi connectivity index (χ3v) is 1.64. The number of hydrogen-bond donors (Lipinski definition) is 0. The Morgan fingerprint density at radius 2 is 2.15 bits per heavy atom. The molecule has 2 atom stereocenters. The van der Waals surface area contributed by atoms with E-state index in [1.165, 1.54) is 0 Å². The Hall–Kier alpha value is -0.605. The van der Waals surface area contributed by atoms with Crippen LogP contribution < -0.4 is 0 Å². The molecular formula is C6H12BO5P. The van der Waals surface area contributed by atoms with Gasteiger partial charge in [-0.25, -0.2) is 0 Å². The second-order valence-corrected chi connectivity index (χ2v) is 3.15. The fourth-order valence-corrected chi connectivity index (χ4v) is 0.966. The lowest BCUT2D eigenvalue weighted by Crippen LogP contribution is -2.25. The zero-order chi connectivity index (χ0) is 9.94. The van der Waals surface area contributed by atoms with Gasteiger partial charge in [-0.1, -0.05) is 6.66 Å². The molecule has 0 aliphatic carbocycles. The van der Waals surface area contributed by atoms with Gasteiger partial charge in [0.05, 0.1) is 6.61 Å². The third kappa shape index (κ3) is 7.75. The lowest BCUT2D eigenvalue weighted by atomic mass is 10.4. The van der Waals surface area contributed by atoms with Crippen molar-refractivity contribution in [3.63, 3.8) is 0 Å². The minimum absolute atomic E-state index is 0.0368. The summed E-state index contributed by atoms with van der Waals surface area (Å²) in [5, 5.41) is 0. The Kier molecular flexibility index (Phi) is 9.04. The van der Waals surface area contributed by atoms with E-state index in [1.54, 1.807) is 0 Å². The summed E-state index contributed by atoms with van der Waals surface area (Å²) in [5.41, 5.74) is 0. The second-order valence-electron chi connectivity index (χ2n) is 2.15. The van der Waals surface area contributed by atoms with Gasteiger partial charge in [-0.2, -0.15) is 0 Å². The summed E-state index contributed by atoms with van der Waals surface area (Å²) in [6.45, 7) is 2.92. The molecule has 74 valence electrons. The predicted octanol–water partition coefficient (Wildman–Crippen LogP) is -0.708. The van der Waals surface area contributed by atoms with Gasteiger partial charge in [-0.15, -0.1) is 8.46 Å². The molecule has 0 aliphatic heterocycles. The summed E-state index contributed by atoms with van der Waals surface area (Å²) in [4.78, 5) is 19.8. The maximum atomic E-state index is 9.99. The van der Waals surface area contributed by atoms with Gasteiger partial charge < -0.3 is 14.1 Å². The summed E-state index contributed by atoms with van der Waals surface area (Å²) in [6, 6.07) is 0. The van der Waals surface area contributed by atoms with E-state index in [0.717, 1.165) is 0 Å². The van der Waals surface area contributed by atoms with E-state index >= 15 is 0 Å². The van der Waals surface area contributed by atoms with Crippen LogP contribution in [0.25, 0.3) is 0 Å². The van der Waals surface area contributed by atoms with Gasteiger partial charge in [0, 0.05) is 0 Å². The largest absolute Gasteiger partial charge is 0.464 e. The highest BCUT2D eigenvalue weighted by molar-refractivity contribution is 7.69. The quantitative estimate of drug-likeness (QED) is 0.216. The van der Waals surface area contributed by atoms with Crippen molar-refractivity contribution in [3.05, 3.63) is 0 Å². The van der Waals surface area contributed by atoms with Crippen LogP contribution in [0.15, 0.2) is 0 Å². The first-order valence-corrected chi connectivity index (χ1v) is 5.42. The van der Waals surface area contributed by atoms with E-state index in [-0.39, 0.29) is 13.2 Å². The highest BCUT2D eigenvalue weighted by atomic mass is 31.1. The fraction of sp³-hybridized carbons (Fsp3) is 0.667. The van der Waals surface area contributed by atoms with Gasteiger partial charge in [0.25, 0.3) is 20.1 Å². The van der Waals surface area contributed by atoms with E-state index in [2.05, 4.69) is 9.47 Å². The smallest absolute Gasteiger partial charge is 0.300 e. The molecule has 0 heterocycles. The van der Waals surface area contributed by atoms with Crippen LogP contribution in [0.1, 0.15) is 0 Å². The highest BCUT2D eigenvalue weighted by Crippen LogP contribution is 1.99. The minimum Gasteiger partial charge on any atom is -0.464 e. The van der Waals surface area contributed by atoms with Gasteiger partial charge in [0.15, 0.2) is 6.10 Å². The summed E-state index contributed by atoms with van der Waals surface area (Å²) in [6.07, 6.45) is -0.501. The Bertz CT molecular complexity index is 145. The fourth-order valence-electron chi connectivity index (χ4n) is 0.644. The van der Waals surface area contributed by atoms with Crippen LogP contribution >= 0.6 is 8.46 Å². The second kappa shape index (κ2) is 9.48. The molecular weight excluding hydrogens is 194 g/mol. The maximum Gasteiger partial charge on any atom is 0.300 e. The van der Waals surface area contributed by atoms with Crippen LogP contribution in [0.2, 0.25) is 0 Å². The van der Waals surface area contributed by atoms with E-state index in [1.807, 2.05) is 6.66 Å². The monoisotopic (exact) mass is 206 g/mol. The van der Waals surface area contributed by atoms with E-state index in [4.69, 9.17) is 4.65 Å². The molecule has 0 N–H and O–H groups in total. The van der Waals surface area contributed by atoms with E-state index in [0.29, 0.717) is 28.6 Å². The average molecular weight is 206 g/mol. The van der Waals surface area contributed by atoms with E-state index < -0.39 is 6.10 Å². The molecule has 0 radical (unpaired) electrons. The molecule has 0 aromatic carbocycles. The lowest BCUT2D eigenvalue weighted by molar-refractivity contribution is -0.144. The zero-order valence-corrected chi connectivity index (χ0v) is 8.39. The summed E-state index contributed by atoms with van der Waals surface area (Å²) in [7, 11) is 1.31. The summed E-state index contributed by atoms with van der Waals surface area (Å²) in [5.74, 6) is 0. The van der Waals surface area contributed by atoms with Crippen molar-refractivity contribution < 1.29 is 23.7 Å². The standard InChI is InChI=1S/C6H12BO5P/c1-13-7-12-3-6(11-5-9)2-10-4-8/h4-7,13H,2-3H2,1H3. The highest BCUT2D eigenvalue weighted by Gasteiger charge is 2.09. The molecule has 0 aromatic heterocycles. The lowest BCUT2D eigenvalue weighted by Gasteiger charge is -2.13. The van der Waals surface area contributed by atoms with Crippen molar-refractivity contribution in [3.8, 4) is 0 Å². The van der Waals surface area contributed by atoms with Gasteiger partial charge in [-0.3, -0.25) is 9.59 Å². The zero-order valence-electron chi connectivity index (χ0n) is 7.39. The Morgan fingerprint density at radius 1 is 1.38 bits per heavy atom. The molecule has 0 spiro atoms. The van der Waals surface area contributed by atoms with Crippen molar-refractivity contribution in [2.24, 2.45) is 0 Å². The molecule has 0 rings (SSSR count). The van der Waals surface area contributed by atoms with Crippen molar-refractivity contribution >= 4 is 28.6 Å². The van der Waals surface area contributed by atoms with Crippen molar-refractivity contribution in [2.45, 2.75) is 6.10 Å².